The van der Waals surface area contributed by atoms with Gasteiger partial charge >= 0.3 is 12.0 Å². The third kappa shape index (κ3) is 3.11. The fourth-order valence-electron chi connectivity index (χ4n) is 2.53. The van der Waals surface area contributed by atoms with Crippen LogP contribution in [0.2, 0.25) is 0 Å². The summed E-state index contributed by atoms with van der Waals surface area (Å²) in [5.41, 5.74) is -0.738. The van der Waals surface area contributed by atoms with Gasteiger partial charge in [0, 0.05) is 19.6 Å². The Labute approximate surface area is 102 Å². The number of hydrogen-bond donors (Lipinski definition) is 2. The van der Waals surface area contributed by atoms with E-state index in [2.05, 4.69) is 5.32 Å². The molecule has 1 aliphatic heterocycles. The van der Waals surface area contributed by atoms with E-state index in [-0.39, 0.29) is 6.03 Å². The van der Waals surface area contributed by atoms with Crippen LogP contribution in [0.4, 0.5) is 4.79 Å². The van der Waals surface area contributed by atoms with Crippen molar-refractivity contribution in [1.82, 2.24) is 10.2 Å². The van der Waals surface area contributed by atoms with E-state index >= 15 is 0 Å². The van der Waals surface area contributed by atoms with Crippen LogP contribution < -0.4 is 5.32 Å². The average Bonchev–Trinajstić information content (AvgIpc) is 2.30. The van der Waals surface area contributed by atoms with Crippen LogP contribution >= 0.6 is 0 Å². The van der Waals surface area contributed by atoms with Crippen LogP contribution in [0.5, 0.6) is 0 Å². The Kier molecular flexibility index (Phi) is 4.78. The molecule has 1 unspecified atom stereocenters. The van der Waals surface area contributed by atoms with Crippen molar-refractivity contribution in [2.45, 2.75) is 39.5 Å². The summed E-state index contributed by atoms with van der Waals surface area (Å²) < 4.78 is 0. The molecule has 5 nitrogen and oxygen atoms in total. The summed E-state index contributed by atoms with van der Waals surface area (Å²) in [6, 6.07) is -0.145. The second-order valence-corrected chi connectivity index (χ2v) is 4.70. The fraction of sp³-hybridized carbons (Fsp3) is 0.833. The maximum atomic E-state index is 11.7. The Balaban J connectivity index is 2.74. The van der Waals surface area contributed by atoms with E-state index in [0.29, 0.717) is 32.5 Å². The van der Waals surface area contributed by atoms with Gasteiger partial charge in [-0.25, -0.2) is 4.79 Å². The molecule has 1 heterocycles. The van der Waals surface area contributed by atoms with E-state index in [1.54, 1.807) is 4.90 Å². The van der Waals surface area contributed by atoms with Crippen LogP contribution in [-0.4, -0.2) is 41.6 Å². The number of carboxylic acids is 1. The summed E-state index contributed by atoms with van der Waals surface area (Å²) >= 11 is 0. The van der Waals surface area contributed by atoms with Crippen molar-refractivity contribution < 1.29 is 14.7 Å². The predicted octanol–water partition coefficient (Wildman–Crippen LogP) is 1.68. The van der Waals surface area contributed by atoms with E-state index in [9.17, 15) is 14.7 Å². The first-order valence-corrected chi connectivity index (χ1v) is 6.32. The Morgan fingerprint density at radius 3 is 2.65 bits per heavy atom. The number of amides is 2. The summed E-state index contributed by atoms with van der Waals surface area (Å²) in [5, 5.41) is 12.1. The number of carbonyl (C=O) groups excluding carboxylic acids is 1. The Morgan fingerprint density at radius 2 is 2.12 bits per heavy atom. The minimum Gasteiger partial charge on any atom is -0.481 e. The van der Waals surface area contributed by atoms with Crippen LogP contribution in [0.25, 0.3) is 0 Å². The van der Waals surface area contributed by atoms with Gasteiger partial charge in [-0.05, 0) is 26.2 Å². The molecule has 0 bridgehead atoms. The molecule has 1 fully saturated rings. The number of nitrogens with zero attached hydrogens (tertiary/aromatic N) is 1. The third-order valence-electron chi connectivity index (χ3n) is 3.37. The molecule has 2 N–H and O–H groups in total. The van der Waals surface area contributed by atoms with Gasteiger partial charge in [-0.15, -0.1) is 0 Å². The molecule has 1 atom stereocenters. The molecule has 1 aliphatic rings. The molecule has 2 amide bonds. The quantitative estimate of drug-likeness (QED) is 0.788. The zero-order valence-electron chi connectivity index (χ0n) is 10.7. The summed E-state index contributed by atoms with van der Waals surface area (Å²) in [7, 11) is 0. The van der Waals surface area contributed by atoms with Crippen LogP contribution in [0, 0.1) is 5.41 Å². The molecule has 0 saturated carbocycles. The second-order valence-electron chi connectivity index (χ2n) is 4.70. The van der Waals surface area contributed by atoms with Gasteiger partial charge in [0.1, 0.15) is 0 Å². The number of likely N-dealkylation sites (tertiary alicyclic amines) is 1. The van der Waals surface area contributed by atoms with Gasteiger partial charge in [0.05, 0.1) is 5.41 Å². The monoisotopic (exact) mass is 242 g/mol. The van der Waals surface area contributed by atoms with Crippen LogP contribution in [-0.2, 0) is 4.79 Å². The number of carbonyl (C=O) groups is 2. The van der Waals surface area contributed by atoms with Crippen molar-refractivity contribution in [3.8, 4) is 0 Å². The van der Waals surface area contributed by atoms with E-state index in [1.165, 1.54) is 0 Å². The van der Waals surface area contributed by atoms with Crippen molar-refractivity contribution in [3.63, 3.8) is 0 Å². The molecular formula is C12H22N2O3. The molecule has 0 radical (unpaired) electrons. The molecule has 0 aliphatic carbocycles. The Bertz CT molecular complexity index is 289. The lowest BCUT2D eigenvalue weighted by atomic mass is 9.76. The average molecular weight is 242 g/mol. The Morgan fingerprint density at radius 1 is 1.41 bits per heavy atom. The van der Waals surface area contributed by atoms with Crippen molar-refractivity contribution in [3.05, 3.63) is 0 Å². The van der Waals surface area contributed by atoms with Gasteiger partial charge in [-0.1, -0.05) is 13.3 Å². The summed E-state index contributed by atoms with van der Waals surface area (Å²) in [5.74, 6) is -0.770. The maximum Gasteiger partial charge on any atom is 0.317 e. The normalized spacial score (nSPS) is 24.5. The molecular weight excluding hydrogens is 220 g/mol. The highest BCUT2D eigenvalue weighted by Gasteiger charge is 2.42. The minimum atomic E-state index is -0.770. The lowest BCUT2D eigenvalue weighted by Crippen LogP contribution is -2.52. The van der Waals surface area contributed by atoms with Crippen molar-refractivity contribution in [1.29, 1.82) is 0 Å². The number of carboxylic acid groups (broad SMARTS) is 1. The number of nitrogens with one attached hydrogen (secondary N) is 1. The van der Waals surface area contributed by atoms with Crippen molar-refractivity contribution in [2.24, 2.45) is 5.41 Å². The molecule has 1 saturated heterocycles. The lowest BCUT2D eigenvalue weighted by molar-refractivity contribution is -0.152. The molecule has 17 heavy (non-hydrogen) atoms. The molecule has 1 rings (SSSR count). The topological polar surface area (TPSA) is 69.6 Å². The van der Waals surface area contributed by atoms with Crippen LogP contribution in [0.3, 0.4) is 0 Å². The van der Waals surface area contributed by atoms with Gasteiger partial charge in [0.2, 0.25) is 0 Å². The highest BCUT2D eigenvalue weighted by atomic mass is 16.4. The number of piperidine rings is 1. The smallest absolute Gasteiger partial charge is 0.317 e. The standard InChI is InChI=1S/C12H22N2O3/c1-3-6-12(10(15)16)7-5-8-14(9-12)11(17)13-4-2/h3-9H2,1-2H3,(H,13,17)(H,15,16). The molecule has 0 spiro atoms. The first-order chi connectivity index (χ1) is 8.05. The molecule has 98 valence electrons. The number of rotatable bonds is 4. The largest absolute Gasteiger partial charge is 0.481 e. The predicted molar refractivity (Wildman–Crippen MR) is 64.9 cm³/mol. The van der Waals surface area contributed by atoms with Crippen molar-refractivity contribution in [2.75, 3.05) is 19.6 Å². The number of urea groups is 1. The van der Waals surface area contributed by atoms with Gasteiger partial charge in [0.15, 0.2) is 0 Å². The van der Waals surface area contributed by atoms with Gasteiger partial charge in [-0.2, -0.15) is 0 Å². The Hall–Kier alpha value is -1.26. The number of hydrogen-bond acceptors (Lipinski definition) is 2. The molecule has 5 heteroatoms. The maximum absolute atomic E-state index is 11.7. The SMILES string of the molecule is CCCC1(C(=O)O)CCCN(C(=O)NCC)C1. The van der Waals surface area contributed by atoms with Crippen LogP contribution in [0.1, 0.15) is 39.5 Å². The fourth-order valence-corrected chi connectivity index (χ4v) is 2.53. The van der Waals surface area contributed by atoms with Crippen LogP contribution in [0.15, 0.2) is 0 Å². The molecule has 0 aromatic rings. The molecule has 0 aromatic heterocycles. The highest BCUT2D eigenvalue weighted by molar-refractivity contribution is 5.78. The van der Waals surface area contributed by atoms with E-state index < -0.39 is 11.4 Å². The van der Waals surface area contributed by atoms with E-state index in [4.69, 9.17) is 0 Å². The number of aliphatic carboxylic acids is 1. The van der Waals surface area contributed by atoms with Gasteiger partial charge < -0.3 is 15.3 Å². The van der Waals surface area contributed by atoms with E-state index in [1.807, 2.05) is 13.8 Å². The zero-order valence-corrected chi connectivity index (χ0v) is 10.7. The van der Waals surface area contributed by atoms with Gasteiger partial charge in [0.25, 0.3) is 0 Å². The van der Waals surface area contributed by atoms with E-state index in [0.717, 1.165) is 12.8 Å². The minimum absolute atomic E-state index is 0.145. The van der Waals surface area contributed by atoms with Gasteiger partial charge in [-0.3, -0.25) is 4.79 Å². The second kappa shape index (κ2) is 5.89. The summed E-state index contributed by atoms with van der Waals surface area (Å²) in [6.45, 7) is 5.41. The summed E-state index contributed by atoms with van der Waals surface area (Å²) in [6.07, 6.45) is 2.91. The first kappa shape index (κ1) is 13.8. The zero-order chi connectivity index (χ0) is 12.9. The lowest BCUT2D eigenvalue weighted by Gasteiger charge is -2.39. The third-order valence-corrected chi connectivity index (χ3v) is 3.37. The highest BCUT2D eigenvalue weighted by Crippen LogP contribution is 2.34. The molecule has 0 aromatic carbocycles. The first-order valence-electron chi connectivity index (χ1n) is 6.32. The van der Waals surface area contributed by atoms with Crippen molar-refractivity contribution >= 4 is 12.0 Å². The summed E-state index contributed by atoms with van der Waals surface area (Å²) in [4.78, 5) is 24.8.